The Hall–Kier alpha value is -3.31. The molecule has 3 atom stereocenters. The molecule has 10 heteroatoms. The van der Waals surface area contributed by atoms with Gasteiger partial charge in [0.05, 0.1) is 17.5 Å². The van der Waals surface area contributed by atoms with E-state index in [1.165, 1.54) is 15.8 Å². The summed E-state index contributed by atoms with van der Waals surface area (Å²) in [6.45, 7) is 2.36. The number of amides is 2. The lowest BCUT2D eigenvalue weighted by molar-refractivity contribution is -0.134. The Kier molecular flexibility index (Phi) is 8.51. The van der Waals surface area contributed by atoms with Gasteiger partial charge in [-0.15, -0.1) is 22.7 Å². The molecule has 2 heterocycles. The monoisotopic (exact) mass is 593 g/mol. The van der Waals surface area contributed by atoms with Gasteiger partial charge in [0.25, 0.3) is 0 Å². The van der Waals surface area contributed by atoms with E-state index in [1.807, 2.05) is 43.3 Å². The van der Waals surface area contributed by atoms with Crippen molar-refractivity contribution in [2.75, 3.05) is 0 Å². The Labute approximate surface area is 242 Å². The maximum atomic E-state index is 13.2. The fourth-order valence-electron chi connectivity index (χ4n) is 5.23. The highest BCUT2D eigenvalue weighted by molar-refractivity contribution is 7.89. The molecule has 0 radical (unpaired) electrons. The van der Waals surface area contributed by atoms with Crippen molar-refractivity contribution in [3.63, 3.8) is 0 Å². The number of sulfonamides is 1. The zero-order valence-electron chi connectivity index (χ0n) is 22.0. The Bertz CT molecular complexity index is 1600. The highest BCUT2D eigenvalue weighted by Gasteiger charge is 2.38. The van der Waals surface area contributed by atoms with Gasteiger partial charge in [0.15, 0.2) is 0 Å². The number of hydrogen-bond donors (Lipinski definition) is 3. The lowest BCUT2D eigenvalue weighted by atomic mass is 9.93. The van der Waals surface area contributed by atoms with Crippen molar-refractivity contribution in [1.82, 2.24) is 10.6 Å². The summed E-state index contributed by atoms with van der Waals surface area (Å²) in [6.07, 6.45) is 2.22. The first-order valence-electron chi connectivity index (χ1n) is 13.1. The molecule has 2 aromatic carbocycles. The third kappa shape index (κ3) is 6.36. The third-order valence-corrected chi connectivity index (χ3v) is 10.4. The van der Waals surface area contributed by atoms with Crippen LogP contribution in [0.2, 0.25) is 0 Å². The summed E-state index contributed by atoms with van der Waals surface area (Å²) in [7, 11) is -3.86. The van der Waals surface area contributed by atoms with E-state index in [-0.39, 0.29) is 34.6 Å². The second-order valence-electron chi connectivity index (χ2n) is 10.00. The largest absolute Gasteiger partial charge is 0.351 e. The molecule has 40 heavy (non-hydrogen) atoms. The molecule has 4 aromatic rings. The normalized spacial score (nSPS) is 17.9. The summed E-state index contributed by atoms with van der Waals surface area (Å²) in [4.78, 5) is 29.8. The highest BCUT2D eigenvalue weighted by atomic mass is 32.2. The Morgan fingerprint density at radius 2 is 1.65 bits per heavy atom. The molecule has 4 N–H and O–H groups in total. The van der Waals surface area contributed by atoms with Gasteiger partial charge in [-0.1, -0.05) is 55.0 Å². The SMILES string of the molecule is CC(NC(=O)[C@H]1CCC[C@@H]1C(=O)NCc1ccc(-c2cccs2)s1)c1ccc(-c2ccccc2S(N)(=O)=O)cc1. The number of carbonyl (C=O) groups excluding carboxylic acids is 2. The molecule has 1 unspecified atom stereocenters. The van der Waals surface area contributed by atoms with Crippen LogP contribution in [0.5, 0.6) is 0 Å². The van der Waals surface area contributed by atoms with Crippen molar-refractivity contribution in [3.05, 3.63) is 88.6 Å². The molecular formula is C30H31N3O4S3. The van der Waals surface area contributed by atoms with Crippen LogP contribution >= 0.6 is 22.7 Å². The molecule has 0 aliphatic heterocycles. The lowest BCUT2D eigenvalue weighted by Crippen LogP contribution is -2.40. The lowest BCUT2D eigenvalue weighted by Gasteiger charge is -2.22. The van der Waals surface area contributed by atoms with Gasteiger partial charge >= 0.3 is 0 Å². The zero-order valence-corrected chi connectivity index (χ0v) is 24.5. The number of thiophene rings is 2. The van der Waals surface area contributed by atoms with Crippen molar-refractivity contribution in [2.24, 2.45) is 17.0 Å². The highest BCUT2D eigenvalue weighted by Crippen LogP contribution is 2.34. The predicted octanol–water partition coefficient (Wildman–Crippen LogP) is 5.70. The number of benzene rings is 2. The molecule has 208 valence electrons. The van der Waals surface area contributed by atoms with Crippen LogP contribution < -0.4 is 15.8 Å². The van der Waals surface area contributed by atoms with Crippen molar-refractivity contribution in [3.8, 4) is 20.9 Å². The summed E-state index contributed by atoms with van der Waals surface area (Å²) < 4.78 is 24.0. The predicted molar refractivity (Wildman–Crippen MR) is 160 cm³/mol. The van der Waals surface area contributed by atoms with Crippen LogP contribution in [0.3, 0.4) is 0 Å². The quantitative estimate of drug-likeness (QED) is 0.231. The molecule has 5 rings (SSSR count). The van der Waals surface area contributed by atoms with Crippen LogP contribution in [0.25, 0.3) is 20.9 Å². The number of nitrogens with one attached hydrogen (secondary N) is 2. The maximum Gasteiger partial charge on any atom is 0.238 e. The number of nitrogens with two attached hydrogens (primary N) is 1. The van der Waals surface area contributed by atoms with E-state index >= 15 is 0 Å². The fraction of sp³-hybridized carbons (Fsp3) is 0.267. The molecule has 1 saturated carbocycles. The molecule has 7 nitrogen and oxygen atoms in total. The summed E-state index contributed by atoms with van der Waals surface area (Å²) in [5.74, 6) is -0.909. The van der Waals surface area contributed by atoms with E-state index in [4.69, 9.17) is 5.14 Å². The maximum absolute atomic E-state index is 13.2. The van der Waals surface area contributed by atoms with Gasteiger partial charge in [-0.2, -0.15) is 0 Å². The average molecular weight is 594 g/mol. The van der Waals surface area contributed by atoms with Crippen LogP contribution in [-0.2, 0) is 26.2 Å². The summed E-state index contributed by atoms with van der Waals surface area (Å²) in [5, 5.41) is 13.6. The first kappa shape index (κ1) is 28.2. The summed E-state index contributed by atoms with van der Waals surface area (Å²) in [5.41, 5.74) is 2.12. The van der Waals surface area contributed by atoms with Crippen LogP contribution in [-0.4, -0.2) is 20.2 Å². The first-order chi connectivity index (χ1) is 19.2. The van der Waals surface area contributed by atoms with Crippen molar-refractivity contribution in [1.29, 1.82) is 0 Å². The standard InChI is InChI=1S/C30H31N3O4S3/c1-19(20-11-13-21(14-12-20)23-6-2-3-10-28(23)40(31,36)37)33-30(35)25-8-4-7-24(25)29(34)32-18-22-15-16-27(39-22)26-9-5-17-38-26/h2-3,5-6,9-17,19,24-25H,4,7-8,18H2,1H3,(H,32,34)(H,33,35)(H2,31,36,37)/t19?,24-,25-/m0/s1. The minimum Gasteiger partial charge on any atom is -0.351 e. The number of hydrogen-bond acceptors (Lipinski definition) is 6. The molecule has 0 spiro atoms. The van der Waals surface area contributed by atoms with Crippen molar-refractivity contribution < 1.29 is 18.0 Å². The number of primary sulfonamides is 1. The van der Waals surface area contributed by atoms with E-state index in [2.05, 4.69) is 28.1 Å². The van der Waals surface area contributed by atoms with E-state index in [1.54, 1.807) is 40.9 Å². The number of carbonyl (C=O) groups is 2. The van der Waals surface area contributed by atoms with Gasteiger partial charge in [0.1, 0.15) is 0 Å². The van der Waals surface area contributed by atoms with E-state index in [9.17, 15) is 18.0 Å². The van der Waals surface area contributed by atoms with E-state index in [0.29, 0.717) is 30.5 Å². The summed E-state index contributed by atoms with van der Waals surface area (Å²) >= 11 is 3.36. The Balaban J connectivity index is 1.19. The first-order valence-corrected chi connectivity index (χ1v) is 16.4. The molecule has 0 saturated heterocycles. The van der Waals surface area contributed by atoms with Gasteiger partial charge in [-0.05, 0) is 60.5 Å². The topological polar surface area (TPSA) is 118 Å². The molecule has 1 aliphatic rings. The van der Waals surface area contributed by atoms with Crippen LogP contribution in [0.1, 0.15) is 42.7 Å². The minimum atomic E-state index is -3.86. The summed E-state index contributed by atoms with van der Waals surface area (Å²) in [6, 6.07) is 21.9. The van der Waals surface area contributed by atoms with Gasteiger partial charge in [-0.25, -0.2) is 13.6 Å². The Morgan fingerprint density at radius 1 is 0.925 bits per heavy atom. The molecule has 2 amide bonds. The van der Waals surface area contributed by atoms with E-state index < -0.39 is 10.0 Å². The van der Waals surface area contributed by atoms with Crippen LogP contribution in [0.15, 0.2) is 83.1 Å². The average Bonchev–Trinajstić information content (AvgIpc) is 3.73. The van der Waals surface area contributed by atoms with Crippen LogP contribution in [0, 0.1) is 11.8 Å². The van der Waals surface area contributed by atoms with Crippen molar-refractivity contribution in [2.45, 2.75) is 43.7 Å². The zero-order chi connectivity index (χ0) is 28.3. The van der Waals surface area contributed by atoms with Crippen LogP contribution in [0.4, 0.5) is 0 Å². The van der Waals surface area contributed by atoms with Gasteiger partial charge in [0.2, 0.25) is 21.8 Å². The van der Waals surface area contributed by atoms with Gasteiger partial charge < -0.3 is 10.6 Å². The van der Waals surface area contributed by atoms with E-state index in [0.717, 1.165) is 16.9 Å². The fourth-order valence-corrected chi connectivity index (χ4v) is 7.77. The Morgan fingerprint density at radius 3 is 2.35 bits per heavy atom. The minimum absolute atomic E-state index is 0.0664. The molecular weight excluding hydrogens is 563 g/mol. The second kappa shape index (κ2) is 12.1. The van der Waals surface area contributed by atoms with Crippen molar-refractivity contribution >= 4 is 44.5 Å². The molecule has 1 fully saturated rings. The second-order valence-corrected chi connectivity index (χ2v) is 13.6. The van der Waals surface area contributed by atoms with Gasteiger partial charge in [0, 0.05) is 32.0 Å². The smallest absolute Gasteiger partial charge is 0.238 e. The molecule has 0 bridgehead atoms. The third-order valence-electron chi connectivity index (χ3n) is 7.33. The molecule has 1 aliphatic carbocycles. The number of rotatable bonds is 9. The molecule has 2 aromatic heterocycles. The van der Waals surface area contributed by atoms with Gasteiger partial charge in [-0.3, -0.25) is 9.59 Å².